The van der Waals surface area contributed by atoms with Crippen LogP contribution in [0.4, 0.5) is 5.69 Å². The van der Waals surface area contributed by atoms with Gasteiger partial charge in [-0.05, 0) is 41.5 Å². The van der Waals surface area contributed by atoms with Gasteiger partial charge in [0.1, 0.15) is 12.6 Å². The predicted molar refractivity (Wildman–Crippen MR) is 157 cm³/mol. The molecule has 4 aromatic carbocycles. The van der Waals surface area contributed by atoms with Crippen molar-refractivity contribution in [3.05, 3.63) is 114 Å². The maximum atomic E-state index is 14.2. The number of carbonyl (C=O) groups is 3. The minimum absolute atomic E-state index is 0.131. The van der Waals surface area contributed by atoms with Crippen molar-refractivity contribution in [3.63, 3.8) is 0 Å². The van der Waals surface area contributed by atoms with E-state index in [0.29, 0.717) is 12.0 Å². The van der Waals surface area contributed by atoms with Crippen LogP contribution in [0, 0.1) is 0 Å². The molecule has 0 unspecified atom stereocenters. The van der Waals surface area contributed by atoms with E-state index >= 15 is 0 Å². The maximum Gasteiger partial charge on any atom is 0.259 e. The number of nitrogens with zero attached hydrogens (tertiary/aromatic N) is 2. The Kier molecular flexibility index (Phi) is 7.32. The lowest BCUT2D eigenvalue weighted by Gasteiger charge is -2.33. The zero-order valence-corrected chi connectivity index (χ0v) is 22.5. The second-order valence-electron chi connectivity index (χ2n) is 10.8. The van der Waals surface area contributed by atoms with Crippen LogP contribution < -0.4 is 10.2 Å². The number of anilines is 1. The molecule has 6 rings (SSSR count). The summed E-state index contributed by atoms with van der Waals surface area (Å²) in [5, 5.41) is 5.08. The maximum absolute atomic E-state index is 14.2. The Morgan fingerprint density at radius 1 is 0.825 bits per heavy atom. The normalized spacial score (nSPS) is 15.4. The quantitative estimate of drug-likeness (QED) is 0.310. The number of nitrogens with one attached hydrogen (secondary N) is 1. The Bertz CT molecular complexity index is 1530. The lowest BCUT2D eigenvalue weighted by Crippen LogP contribution is -2.54. The van der Waals surface area contributed by atoms with Crippen LogP contribution in [0.15, 0.2) is 97.1 Å². The van der Waals surface area contributed by atoms with Crippen molar-refractivity contribution in [3.8, 4) is 0 Å². The lowest BCUT2D eigenvalue weighted by molar-refractivity contribution is -0.140. The van der Waals surface area contributed by atoms with Gasteiger partial charge in [0.25, 0.3) is 5.91 Å². The molecule has 1 N–H and O–H groups in total. The standard InChI is InChI=1S/C34H33N3O3/c38-31(23-37-29-20-10-16-26-15-9-19-28(32(26)29)34(37)40)36(22-25-13-5-2-6-14-25)30(21-24-11-3-1-4-12-24)33(39)35-27-17-7-8-18-27/h1-6,9-16,19-20,27,30H,7-8,17-18,21-23H2,(H,35,39)/t30-/m1/s1. The van der Waals surface area contributed by atoms with Crippen LogP contribution in [-0.2, 0) is 22.6 Å². The first-order chi connectivity index (χ1) is 19.6. The summed E-state index contributed by atoms with van der Waals surface area (Å²) in [7, 11) is 0. The highest BCUT2D eigenvalue weighted by Crippen LogP contribution is 2.37. The summed E-state index contributed by atoms with van der Waals surface area (Å²) in [6, 6.07) is 30.4. The molecule has 6 heteroatoms. The molecule has 1 heterocycles. The molecule has 3 amide bonds. The first kappa shape index (κ1) is 25.8. The highest BCUT2D eigenvalue weighted by molar-refractivity contribution is 6.26. The molecular formula is C34H33N3O3. The van der Waals surface area contributed by atoms with E-state index in [4.69, 9.17) is 0 Å². The van der Waals surface area contributed by atoms with Gasteiger partial charge < -0.3 is 10.2 Å². The summed E-state index contributed by atoms with van der Waals surface area (Å²) < 4.78 is 0. The molecule has 4 aromatic rings. The number of benzene rings is 4. The van der Waals surface area contributed by atoms with Crippen molar-refractivity contribution in [2.24, 2.45) is 0 Å². The van der Waals surface area contributed by atoms with Crippen molar-refractivity contribution in [2.45, 2.75) is 50.7 Å². The highest BCUT2D eigenvalue weighted by atomic mass is 16.2. The summed E-state index contributed by atoms with van der Waals surface area (Å²) in [5.74, 6) is -0.586. The third-order valence-electron chi connectivity index (χ3n) is 8.11. The number of rotatable bonds is 9. The number of amides is 3. The van der Waals surface area contributed by atoms with Gasteiger partial charge in [0.05, 0.1) is 5.69 Å². The molecule has 1 aliphatic carbocycles. The molecule has 1 aliphatic heterocycles. The highest BCUT2D eigenvalue weighted by Gasteiger charge is 2.36. The first-order valence-corrected chi connectivity index (χ1v) is 14.1. The van der Waals surface area contributed by atoms with Crippen LogP contribution in [0.1, 0.15) is 47.2 Å². The second kappa shape index (κ2) is 11.3. The number of carbonyl (C=O) groups excluding carboxylic acids is 3. The van der Waals surface area contributed by atoms with Crippen LogP contribution in [-0.4, -0.2) is 41.2 Å². The lowest BCUT2D eigenvalue weighted by atomic mass is 10.0. The molecule has 1 saturated carbocycles. The fourth-order valence-electron chi connectivity index (χ4n) is 6.06. The molecular weight excluding hydrogens is 498 g/mol. The second-order valence-corrected chi connectivity index (χ2v) is 10.8. The molecule has 0 radical (unpaired) electrons. The van der Waals surface area contributed by atoms with E-state index in [1.807, 2.05) is 97.1 Å². The average Bonchev–Trinajstić information content (AvgIpc) is 3.59. The van der Waals surface area contributed by atoms with Crippen molar-refractivity contribution in [1.29, 1.82) is 0 Å². The van der Waals surface area contributed by atoms with Gasteiger partial charge in [0.15, 0.2) is 0 Å². The molecule has 1 fully saturated rings. The largest absolute Gasteiger partial charge is 0.352 e. The van der Waals surface area contributed by atoms with Crippen molar-refractivity contribution < 1.29 is 14.4 Å². The fourth-order valence-corrected chi connectivity index (χ4v) is 6.06. The minimum atomic E-state index is -0.716. The van der Waals surface area contributed by atoms with Crippen molar-refractivity contribution >= 4 is 34.2 Å². The van der Waals surface area contributed by atoms with Crippen LogP contribution in [0.3, 0.4) is 0 Å². The van der Waals surface area contributed by atoms with E-state index in [1.54, 1.807) is 9.80 Å². The minimum Gasteiger partial charge on any atom is -0.352 e. The van der Waals surface area contributed by atoms with Crippen molar-refractivity contribution in [1.82, 2.24) is 10.2 Å². The zero-order valence-electron chi connectivity index (χ0n) is 22.5. The smallest absolute Gasteiger partial charge is 0.259 e. The van der Waals surface area contributed by atoms with E-state index in [2.05, 4.69) is 5.32 Å². The molecule has 6 nitrogen and oxygen atoms in total. The van der Waals surface area contributed by atoms with Gasteiger partial charge in [0, 0.05) is 30.0 Å². The molecule has 0 bridgehead atoms. The van der Waals surface area contributed by atoms with E-state index < -0.39 is 6.04 Å². The Morgan fingerprint density at radius 3 is 2.17 bits per heavy atom. The van der Waals surface area contributed by atoms with Gasteiger partial charge in [-0.3, -0.25) is 19.3 Å². The molecule has 40 heavy (non-hydrogen) atoms. The molecule has 202 valence electrons. The van der Waals surface area contributed by atoms with Gasteiger partial charge in [-0.1, -0.05) is 97.8 Å². The van der Waals surface area contributed by atoms with E-state index in [9.17, 15) is 14.4 Å². The van der Waals surface area contributed by atoms with E-state index in [0.717, 1.165) is 53.3 Å². The SMILES string of the molecule is O=C(NC1CCCC1)[C@@H](Cc1ccccc1)N(Cc1ccccc1)C(=O)CN1C(=O)c2cccc3cccc1c23. The summed E-state index contributed by atoms with van der Waals surface area (Å²) in [4.78, 5) is 44.9. The molecule has 0 spiro atoms. The summed E-state index contributed by atoms with van der Waals surface area (Å²) >= 11 is 0. The Balaban J connectivity index is 1.34. The summed E-state index contributed by atoms with van der Waals surface area (Å²) in [6.07, 6.45) is 4.51. The van der Waals surface area contributed by atoms with E-state index in [-0.39, 0.29) is 36.9 Å². The van der Waals surface area contributed by atoms with Gasteiger partial charge in [-0.25, -0.2) is 0 Å². The number of hydrogen-bond acceptors (Lipinski definition) is 3. The average molecular weight is 532 g/mol. The monoisotopic (exact) mass is 531 g/mol. The van der Waals surface area contributed by atoms with Crippen LogP contribution in [0.25, 0.3) is 10.8 Å². The van der Waals surface area contributed by atoms with Crippen LogP contribution in [0.5, 0.6) is 0 Å². The third kappa shape index (κ3) is 5.22. The summed E-state index contributed by atoms with van der Waals surface area (Å²) in [5.41, 5.74) is 3.26. The first-order valence-electron chi connectivity index (χ1n) is 14.1. The fraction of sp³-hybridized carbons (Fsp3) is 0.265. The number of hydrogen-bond donors (Lipinski definition) is 1. The topological polar surface area (TPSA) is 69.7 Å². The van der Waals surface area contributed by atoms with Gasteiger partial charge in [0.2, 0.25) is 11.8 Å². The zero-order chi connectivity index (χ0) is 27.5. The van der Waals surface area contributed by atoms with Gasteiger partial charge >= 0.3 is 0 Å². The van der Waals surface area contributed by atoms with Crippen LogP contribution in [0.2, 0.25) is 0 Å². The Labute approximate surface area is 234 Å². The van der Waals surface area contributed by atoms with Crippen molar-refractivity contribution in [2.75, 3.05) is 11.4 Å². The van der Waals surface area contributed by atoms with Crippen LogP contribution >= 0.6 is 0 Å². The van der Waals surface area contributed by atoms with Gasteiger partial charge in [-0.15, -0.1) is 0 Å². The molecule has 1 atom stereocenters. The third-order valence-corrected chi connectivity index (χ3v) is 8.11. The summed E-state index contributed by atoms with van der Waals surface area (Å²) in [6.45, 7) is 0.135. The predicted octanol–water partition coefficient (Wildman–Crippen LogP) is 5.50. The van der Waals surface area contributed by atoms with E-state index in [1.165, 1.54) is 0 Å². The Hall–Kier alpha value is -4.45. The molecule has 0 saturated heterocycles. The molecule has 2 aliphatic rings. The Morgan fingerprint density at radius 2 is 1.48 bits per heavy atom. The molecule has 0 aromatic heterocycles. The van der Waals surface area contributed by atoms with Gasteiger partial charge in [-0.2, -0.15) is 0 Å².